The Morgan fingerprint density at radius 1 is 1.37 bits per heavy atom. The number of rotatable bonds is 6. The lowest BCUT2D eigenvalue weighted by atomic mass is 10.1. The number of carbonyl (C=O) groups is 2. The fraction of sp³-hybridized carbons (Fsp3) is 0.429. The first-order valence-electron chi connectivity index (χ1n) is 6.06. The number of carbonyl (C=O) groups excluding carboxylic acids is 1. The van der Waals surface area contributed by atoms with Gasteiger partial charge in [0.1, 0.15) is 5.25 Å². The van der Waals surface area contributed by atoms with Gasteiger partial charge in [0.15, 0.2) is 0 Å². The molecule has 0 aliphatic heterocycles. The lowest BCUT2D eigenvalue weighted by molar-refractivity contribution is -0.137. The van der Waals surface area contributed by atoms with Gasteiger partial charge in [0, 0.05) is 11.3 Å². The van der Waals surface area contributed by atoms with E-state index in [4.69, 9.17) is 10.8 Å². The Morgan fingerprint density at radius 3 is 2.42 bits per heavy atom. The molecule has 0 heterocycles. The van der Waals surface area contributed by atoms with Crippen LogP contribution in [0.25, 0.3) is 0 Å². The second kappa shape index (κ2) is 6.61. The summed E-state index contributed by atoms with van der Waals surface area (Å²) in [7, 11) is 0. The highest BCUT2D eigenvalue weighted by Crippen LogP contribution is 2.25. The van der Waals surface area contributed by atoms with Crippen LogP contribution in [0.4, 0.5) is 0 Å². The quantitative estimate of drug-likeness (QED) is 0.839. The number of carboxylic acids is 1. The molecule has 0 aromatic heterocycles. The van der Waals surface area contributed by atoms with Crippen LogP contribution in [0.3, 0.4) is 0 Å². The summed E-state index contributed by atoms with van der Waals surface area (Å²) in [6, 6.07) is 5.25. The van der Waals surface area contributed by atoms with Gasteiger partial charge in [0.05, 0.1) is 0 Å². The third-order valence-electron chi connectivity index (χ3n) is 2.89. The molecule has 1 atom stereocenters. The topological polar surface area (TPSA) is 80.4 Å². The van der Waals surface area contributed by atoms with Crippen molar-refractivity contribution < 1.29 is 14.7 Å². The molecule has 3 N–H and O–H groups in total. The monoisotopic (exact) mass is 281 g/mol. The largest absolute Gasteiger partial charge is 0.480 e. The third kappa shape index (κ3) is 4.28. The van der Waals surface area contributed by atoms with Crippen LogP contribution in [0.1, 0.15) is 35.3 Å². The first-order valence-corrected chi connectivity index (χ1v) is 7.11. The van der Waals surface area contributed by atoms with Gasteiger partial charge in [-0.25, -0.2) is 0 Å². The van der Waals surface area contributed by atoms with Gasteiger partial charge in [-0.2, -0.15) is 0 Å². The van der Waals surface area contributed by atoms with E-state index in [1.54, 1.807) is 12.1 Å². The maximum absolute atomic E-state index is 11.1. The van der Waals surface area contributed by atoms with Gasteiger partial charge in [0.2, 0.25) is 5.91 Å². The molecule has 5 heteroatoms. The normalized spacial score (nSPS) is 12.4. The lowest BCUT2D eigenvalue weighted by Gasteiger charge is -2.16. The average molecular weight is 281 g/mol. The Bertz CT molecular complexity index is 486. The number of nitrogens with two attached hydrogens (primary N) is 1. The summed E-state index contributed by atoms with van der Waals surface area (Å²) in [5.74, 6) is -0.549. The van der Waals surface area contributed by atoms with Crippen LogP contribution in [0.5, 0.6) is 0 Å². The van der Waals surface area contributed by atoms with Gasteiger partial charge >= 0.3 is 5.97 Å². The van der Waals surface area contributed by atoms with Crippen LogP contribution in [0, 0.1) is 12.8 Å². The Balaban J connectivity index is 2.78. The molecule has 19 heavy (non-hydrogen) atoms. The molecule has 4 nitrogen and oxygen atoms in total. The molecule has 1 unspecified atom stereocenters. The molecule has 0 fully saturated rings. The SMILES string of the molecule is Cc1cc(C(N)=O)ccc1CSC(C(=O)O)C(C)C. The number of benzene rings is 1. The van der Waals surface area contributed by atoms with Gasteiger partial charge in [0.25, 0.3) is 0 Å². The molecule has 0 saturated carbocycles. The first-order chi connectivity index (χ1) is 8.82. The summed E-state index contributed by atoms with van der Waals surface area (Å²) >= 11 is 1.40. The fourth-order valence-electron chi connectivity index (χ4n) is 1.74. The van der Waals surface area contributed by atoms with Crippen LogP contribution in [0.2, 0.25) is 0 Å². The zero-order valence-corrected chi connectivity index (χ0v) is 12.2. The van der Waals surface area contributed by atoms with Gasteiger partial charge in [-0.05, 0) is 36.1 Å². The second-order valence-corrected chi connectivity index (χ2v) is 5.95. The summed E-state index contributed by atoms with van der Waals surface area (Å²) in [6.07, 6.45) is 0. The highest BCUT2D eigenvalue weighted by molar-refractivity contribution is 7.99. The van der Waals surface area contributed by atoms with E-state index < -0.39 is 17.1 Å². The predicted molar refractivity (Wildman–Crippen MR) is 77.3 cm³/mol. The van der Waals surface area contributed by atoms with Crippen LogP contribution >= 0.6 is 11.8 Å². The molecule has 0 aliphatic carbocycles. The number of aryl methyl sites for hydroxylation is 1. The number of carboxylic acid groups (broad SMARTS) is 1. The van der Waals surface area contributed by atoms with E-state index >= 15 is 0 Å². The first kappa shape index (κ1) is 15.6. The standard InChI is InChI=1S/C14H19NO3S/c1-8(2)12(14(17)18)19-7-11-5-4-10(13(15)16)6-9(11)3/h4-6,8,12H,7H2,1-3H3,(H2,15,16)(H,17,18). The van der Waals surface area contributed by atoms with E-state index in [0.29, 0.717) is 11.3 Å². The number of hydrogen-bond donors (Lipinski definition) is 2. The molecular formula is C14H19NO3S. The Kier molecular flexibility index (Phi) is 5.42. The van der Waals surface area contributed by atoms with E-state index in [2.05, 4.69) is 0 Å². The van der Waals surface area contributed by atoms with Crippen molar-refractivity contribution in [1.82, 2.24) is 0 Å². The Hall–Kier alpha value is -1.49. The van der Waals surface area contributed by atoms with Crippen LogP contribution in [-0.2, 0) is 10.5 Å². The van der Waals surface area contributed by atoms with Crippen molar-refractivity contribution in [3.8, 4) is 0 Å². The van der Waals surface area contributed by atoms with E-state index in [1.165, 1.54) is 11.8 Å². The molecule has 0 bridgehead atoms. The van der Waals surface area contributed by atoms with Crippen molar-refractivity contribution in [3.63, 3.8) is 0 Å². The molecule has 0 radical (unpaired) electrons. The fourth-order valence-corrected chi connectivity index (χ4v) is 2.95. The molecule has 1 amide bonds. The summed E-state index contributed by atoms with van der Waals surface area (Å²) in [5, 5.41) is 8.70. The minimum atomic E-state index is -0.786. The minimum absolute atomic E-state index is 0.0766. The summed E-state index contributed by atoms with van der Waals surface area (Å²) in [4.78, 5) is 22.2. The van der Waals surface area contributed by atoms with Gasteiger partial charge in [-0.15, -0.1) is 11.8 Å². The molecule has 0 spiro atoms. The van der Waals surface area contributed by atoms with Crippen molar-refractivity contribution in [1.29, 1.82) is 0 Å². The van der Waals surface area contributed by atoms with Crippen molar-refractivity contribution in [2.24, 2.45) is 11.7 Å². The van der Waals surface area contributed by atoms with Gasteiger partial charge in [-0.3, -0.25) is 9.59 Å². The maximum Gasteiger partial charge on any atom is 0.316 e. The van der Waals surface area contributed by atoms with E-state index in [0.717, 1.165) is 11.1 Å². The molecule has 1 aromatic carbocycles. The molecule has 0 aliphatic rings. The van der Waals surface area contributed by atoms with Crippen LogP contribution in [0.15, 0.2) is 18.2 Å². The summed E-state index contributed by atoms with van der Waals surface area (Å²) in [5.41, 5.74) is 7.67. The van der Waals surface area contributed by atoms with Crippen molar-refractivity contribution in [2.45, 2.75) is 31.8 Å². The molecule has 1 rings (SSSR count). The maximum atomic E-state index is 11.1. The predicted octanol–water partition coefficient (Wildman–Crippen LogP) is 2.44. The van der Waals surface area contributed by atoms with Crippen molar-refractivity contribution >= 4 is 23.6 Å². The van der Waals surface area contributed by atoms with Crippen LogP contribution in [-0.4, -0.2) is 22.2 Å². The average Bonchev–Trinajstić information content (AvgIpc) is 2.29. The Morgan fingerprint density at radius 2 is 2.00 bits per heavy atom. The number of primary amides is 1. The van der Waals surface area contributed by atoms with Crippen molar-refractivity contribution in [2.75, 3.05) is 0 Å². The minimum Gasteiger partial charge on any atom is -0.480 e. The zero-order chi connectivity index (χ0) is 14.6. The summed E-state index contributed by atoms with van der Waals surface area (Å²) < 4.78 is 0. The van der Waals surface area contributed by atoms with E-state index in [-0.39, 0.29) is 5.92 Å². The van der Waals surface area contributed by atoms with E-state index in [1.807, 2.05) is 26.8 Å². The smallest absolute Gasteiger partial charge is 0.316 e. The molecule has 104 valence electrons. The molecule has 0 saturated heterocycles. The third-order valence-corrected chi connectivity index (χ3v) is 4.48. The second-order valence-electron chi connectivity index (χ2n) is 4.82. The number of thioether (sulfide) groups is 1. The van der Waals surface area contributed by atoms with Crippen molar-refractivity contribution in [3.05, 3.63) is 34.9 Å². The lowest BCUT2D eigenvalue weighted by Crippen LogP contribution is -2.22. The Labute approximate surface area is 117 Å². The van der Waals surface area contributed by atoms with Gasteiger partial charge < -0.3 is 10.8 Å². The highest BCUT2D eigenvalue weighted by atomic mass is 32.2. The highest BCUT2D eigenvalue weighted by Gasteiger charge is 2.22. The molecule has 1 aromatic rings. The van der Waals surface area contributed by atoms with Gasteiger partial charge in [-0.1, -0.05) is 19.9 Å². The number of hydrogen-bond acceptors (Lipinski definition) is 3. The number of aliphatic carboxylic acids is 1. The zero-order valence-electron chi connectivity index (χ0n) is 11.3. The molecular weight excluding hydrogens is 262 g/mol. The van der Waals surface area contributed by atoms with E-state index in [9.17, 15) is 9.59 Å². The number of amides is 1. The summed E-state index contributed by atoms with van der Waals surface area (Å²) in [6.45, 7) is 5.69. The van der Waals surface area contributed by atoms with Crippen LogP contribution < -0.4 is 5.73 Å².